The lowest BCUT2D eigenvalue weighted by Crippen LogP contribution is -2.52. The maximum atomic E-state index is 12.8. The Bertz CT molecular complexity index is 625. The van der Waals surface area contributed by atoms with Gasteiger partial charge in [0.15, 0.2) is 14.1 Å². The predicted octanol–water partition coefficient (Wildman–Crippen LogP) is 4.67. The van der Waals surface area contributed by atoms with Crippen molar-refractivity contribution in [3.63, 3.8) is 0 Å². The number of carbonyl (C=O) groups is 1. The van der Waals surface area contributed by atoms with Gasteiger partial charge in [-0.25, -0.2) is 0 Å². The molecule has 1 heterocycles. The van der Waals surface area contributed by atoms with Gasteiger partial charge < -0.3 is 9.16 Å². The van der Waals surface area contributed by atoms with Crippen molar-refractivity contribution in [2.24, 2.45) is 0 Å². The molecule has 1 saturated carbocycles. The van der Waals surface area contributed by atoms with E-state index in [2.05, 4.69) is 46.0 Å². The minimum absolute atomic E-state index is 0.0230. The standard InChI is InChI=1S/C19H28O3SSi/c1-18(2,3)24(5,6)22-14-12-19(4,17(20)16-15(14)21-16)23-13-10-8-7-9-11-13/h7-11,14-16H,12H2,1-6H3/t14-,15-,16-,19+/m0/s1. The van der Waals surface area contributed by atoms with Crippen LogP contribution in [0.25, 0.3) is 0 Å². The van der Waals surface area contributed by atoms with Crippen LogP contribution in [0.5, 0.6) is 0 Å². The van der Waals surface area contributed by atoms with Crippen LogP contribution >= 0.6 is 11.8 Å². The van der Waals surface area contributed by atoms with E-state index < -0.39 is 13.1 Å². The van der Waals surface area contributed by atoms with Crippen LogP contribution in [0.2, 0.25) is 18.1 Å². The molecule has 0 bridgehead atoms. The lowest BCUT2D eigenvalue weighted by molar-refractivity contribution is -0.123. The Morgan fingerprint density at radius 3 is 2.46 bits per heavy atom. The van der Waals surface area contributed by atoms with Gasteiger partial charge in [-0.15, -0.1) is 11.8 Å². The predicted molar refractivity (Wildman–Crippen MR) is 101 cm³/mol. The van der Waals surface area contributed by atoms with Crippen LogP contribution < -0.4 is 0 Å². The molecule has 0 unspecified atom stereocenters. The van der Waals surface area contributed by atoms with Crippen LogP contribution in [-0.2, 0) is 14.0 Å². The highest BCUT2D eigenvalue weighted by Gasteiger charge is 2.62. The van der Waals surface area contributed by atoms with E-state index >= 15 is 0 Å². The Hall–Kier alpha value is -0.623. The third-order valence-corrected chi connectivity index (χ3v) is 11.4. The first-order valence-corrected chi connectivity index (χ1v) is 12.4. The summed E-state index contributed by atoms with van der Waals surface area (Å²) >= 11 is 1.65. The van der Waals surface area contributed by atoms with E-state index in [0.717, 1.165) is 11.3 Å². The molecular weight excluding hydrogens is 336 g/mol. The molecule has 0 N–H and O–H groups in total. The molecule has 2 fully saturated rings. The molecule has 5 heteroatoms. The maximum Gasteiger partial charge on any atom is 0.192 e. The van der Waals surface area contributed by atoms with E-state index in [-0.39, 0.29) is 29.1 Å². The molecule has 4 atom stereocenters. The van der Waals surface area contributed by atoms with Gasteiger partial charge in [-0.1, -0.05) is 39.0 Å². The molecule has 3 rings (SSSR count). The molecule has 1 aliphatic heterocycles. The first-order chi connectivity index (χ1) is 11.0. The molecule has 3 nitrogen and oxygen atoms in total. The van der Waals surface area contributed by atoms with Crippen molar-refractivity contribution in [3.05, 3.63) is 30.3 Å². The van der Waals surface area contributed by atoms with E-state index in [0.29, 0.717) is 0 Å². The van der Waals surface area contributed by atoms with E-state index in [1.54, 1.807) is 11.8 Å². The third kappa shape index (κ3) is 3.36. The van der Waals surface area contributed by atoms with Gasteiger partial charge in [0.1, 0.15) is 12.2 Å². The molecule has 0 spiro atoms. The SMILES string of the molecule is CC(C)(C)[Si](C)(C)O[C@H]1C[C@@](C)(Sc2ccccc2)C(=O)[C@H]2O[C@@H]12. The fourth-order valence-corrected chi connectivity index (χ4v) is 5.63. The highest BCUT2D eigenvalue weighted by molar-refractivity contribution is 8.01. The van der Waals surface area contributed by atoms with Crippen molar-refractivity contribution < 1.29 is 14.0 Å². The quantitative estimate of drug-likeness (QED) is 0.575. The summed E-state index contributed by atoms with van der Waals surface area (Å²) in [6.07, 6.45) is 0.444. The summed E-state index contributed by atoms with van der Waals surface area (Å²) in [7, 11) is -1.88. The normalized spacial score (nSPS) is 33.2. The number of hydrogen-bond acceptors (Lipinski definition) is 4. The second kappa shape index (κ2) is 5.97. The lowest BCUT2D eigenvalue weighted by atomic mass is 9.86. The highest BCUT2D eigenvalue weighted by Crippen LogP contribution is 2.50. The van der Waals surface area contributed by atoms with Gasteiger partial charge in [-0.05, 0) is 43.6 Å². The van der Waals surface area contributed by atoms with Crippen molar-refractivity contribution in [1.82, 2.24) is 0 Å². The van der Waals surface area contributed by atoms with E-state index in [1.165, 1.54) is 0 Å². The maximum absolute atomic E-state index is 12.8. The number of ether oxygens (including phenoxy) is 1. The second-order valence-corrected chi connectivity index (χ2v) is 15.0. The van der Waals surface area contributed by atoms with E-state index in [4.69, 9.17) is 9.16 Å². The molecule has 0 radical (unpaired) electrons. The number of benzene rings is 1. The average molecular weight is 365 g/mol. The fourth-order valence-electron chi connectivity index (χ4n) is 3.02. The molecule has 132 valence electrons. The van der Waals surface area contributed by atoms with Crippen molar-refractivity contribution in [2.75, 3.05) is 0 Å². The van der Waals surface area contributed by atoms with Gasteiger partial charge in [-0.2, -0.15) is 0 Å². The molecule has 1 aliphatic carbocycles. The van der Waals surface area contributed by atoms with Crippen LogP contribution in [-0.4, -0.2) is 37.2 Å². The van der Waals surface area contributed by atoms with Crippen LogP contribution in [0.15, 0.2) is 35.2 Å². The first kappa shape index (κ1) is 18.2. The minimum Gasteiger partial charge on any atom is -0.411 e. The van der Waals surface area contributed by atoms with Gasteiger partial charge in [0.05, 0.1) is 10.9 Å². The molecule has 2 aliphatic rings. The van der Waals surface area contributed by atoms with Gasteiger partial charge in [-0.3, -0.25) is 4.79 Å². The van der Waals surface area contributed by atoms with Crippen molar-refractivity contribution in [2.45, 2.75) is 80.2 Å². The highest BCUT2D eigenvalue weighted by atomic mass is 32.2. The van der Waals surface area contributed by atoms with E-state index in [9.17, 15) is 4.79 Å². The van der Waals surface area contributed by atoms with Crippen molar-refractivity contribution in [1.29, 1.82) is 0 Å². The summed E-state index contributed by atoms with van der Waals surface area (Å²) in [5.41, 5.74) is 0. The number of hydrogen-bond donors (Lipinski definition) is 0. The largest absolute Gasteiger partial charge is 0.411 e. The van der Waals surface area contributed by atoms with Crippen LogP contribution in [0.4, 0.5) is 0 Å². The third-order valence-electron chi connectivity index (χ3n) is 5.60. The summed E-state index contributed by atoms with van der Waals surface area (Å²) in [6.45, 7) is 13.3. The Labute approximate surface area is 150 Å². The van der Waals surface area contributed by atoms with Gasteiger partial charge >= 0.3 is 0 Å². The monoisotopic (exact) mass is 364 g/mol. The summed E-state index contributed by atoms with van der Waals surface area (Å²) in [6, 6.07) is 10.1. The Balaban J connectivity index is 1.79. The molecule has 0 aromatic heterocycles. The van der Waals surface area contributed by atoms with Crippen LogP contribution in [0.1, 0.15) is 34.1 Å². The molecule has 0 amide bonds. The zero-order valence-electron chi connectivity index (χ0n) is 15.5. The molecule has 1 saturated heterocycles. The summed E-state index contributed by atoms with van der Waals surface area (Å²) in [5.74, 6) is 0.219. The summed E-state index contributed by atoms with van der Waals surface area (Å²) in [5, 5.41) is 0.155. The lowest BCUT2D eigenvalue weighted by Gasteiger charge is -2.42. The number of thioether (sulfide) groups is 1. The number of Topliss-reactive ketones (excluding diaryl/α,β-unsaturated/α-hetero) is 1. The topological polar surface area (TPSA) is 38.8 Å². The Morgan fingerprint density at radius 2 is 1.88 bits per heavy atom. The summed E-state index contributed by atoms with van der Waals surface area (Å²) in [4.78, 5) is 13.9. The molecule has 1 aromatic rings. The second-order valence-electron chi connectivity index (χ2n) is 8.65. The van der Waals surface area contributed by atoms with E-state index in [1.807, 2.05) is 25.1 Å². The van der Waals surface area contributed by atoms with Crippen molar-refractivity contribution in [3.8, 4) is 0 Å². The zero-order valence-corrected chi connectivity index (χ0v) is 17.3. The first-order valence-electron chi connectivity index (χ1n) is 8.65. The molecule has 24 heavy (non-hydrogen) atoms. The average Bonchev–Trinajstić information content (AvgIpc) is 3.25. The number of ketones is 1. The molecule has 1 aromatic carbocycles. The Kier molecular flexibility index (Phi) is 4.52. The van der Waals surface area contributed by atoms with Gasteiger partial charge in [0.25, 0.3) is 0 Å². The van der Waals surface area contributed by atoms with Crippen molar-refractivity contribution >= 4 is 25.9 Å². The van der Waals surface area contributed by atoms with Gasteiger partial charge in [0.2, 0.25) is 0 Å². The smallest absolute Gasteiger partial charge is 0.192 e. The summed E-state index contributed by atoms with van der Waals surface area (Å²) < 4.78 is 11.9. The number of carbonyl (C=O) groups excluding carboxylic acids is 1. The van der Waals surface area contributed by atoms with Gasteiger partial charge in [0, 0.05) is 4.90 Å². The number of rotatable bonds is 4. The minimum atomic E-state index is -1.88. The van der Waals surface area contributed by atoms with Crippen LogP contribution in [0.3, 0.4) is 0 Å². The number of epoxide rings is 1. The molecular formula is C19H28O3SSi. The number of fused-ring (bicyclic) bond motifs is 1. The fraction of sp³-hybridized carbons (Fsp3) is 0.632. The van der Waals surface area contributed by atoms with Crippen LogP contribution in [0, 0.1) is 0 Å². The zero-order chi connectivity index (χ0) is 17.8. The Morgan fingerprint density at radius 1 is 1.25 bits per heavy atom.